The highest BCUT2D eigenvalue weighted by Crippen LogP contribution is 1.95. The summed E-state index contributed by atoms with van der Waals surface area (Å²) < 4.78 is 15.3. The molecular weight excluding hydrogens is 160 g/mol. The van der Waals surface area contributed by atoms with Gasteiger partial charge in [0.05, 0.1) is 6.61 Å². The van der Waals surface area contributed by atoms with Crippen molar-refractivity contribution >= 4 is 9.76 Å². The first-order valence-corrected chi connectivity index (χ1v) is 5.12. The van der Waals surface area contributed by atoms with Crippen LogP contribution in [-0.4, -0.2) is 36.9 Å². The molecule has 1 atom stereocenters. The summed E-state index contributed by atoms with van der Waals surface area (Å²) in [7, 11) is 3.35. The third-order valence-corrected chi connectivity index (χ3v) is 2.53. The summed E-state index contributed by atoms with van der Waals surface area (Å²) in [6.07, 6.45) is 1.01. The molecule has 0 rings (SSSR count). The summed E-state index contributed by atoms with van der Waals surface area (Å²) in [5.74, 6) is 0. The van der Waals surface area contributed by atoms with Gasteiger partial charge in [-0.05, 0) is 6.04 Å². The van der Waals surface area contributed by atoms with Gasteiger partial charge < -0.3 is 13.9 Å². The lowest BCUT2D eigenvalue weighted by atomic mass is 10.6. The van der Waals surface area contributed by atoms with E-state index in [0.29, 0.717) is 6.61 Å². The molecule has 0 spiro atoms. The molecule has 4 heteroatoms. The largest absolute Gasteiger partial charge is 0.395 e. The second-order valence-electron chi connectivity index (χ2n) is 2.21. The monoisotopic (exact) mass is 177 g/mol. The summed E-state index contributed by atoms with van der Waals surface area (Å²) >= 11 is 0. The SMILES string of the molecule is CCC[SiH]OC(COC)OC. The molecule has 0 saturated carbocycles. The van der Waals surface area contributed by atoms with Gasteiger partial charge in [-0.3, -0.25) is 0 Å². The van der Waals surface area contributed by atoms with Crippen LogP contribution in [-0.2, 0) is 13.9 Å². The zero-order chi connectivity index (χ0) is 8.53. The van der Waals surface area contributed by atoms with E-state index in [2.05, 4.69) is 6.92 Å². The molecule has 11 heavy (non-hydrogen) atoms. The molecule has 1 unspecified atom stereocenters. The van der Waals surface area contributed by atoms with Crippen LogP contribution < -0.4 is 0 Å². The van der Waals surface area contributed by atoms with Gasteiger partial charge >= 0.3 is 0 Å². The van der Waals surface area contributed by atoms with Crippen LogP contribution in [0.25, 0.3) is 0 Å². The highest BCUT2D eigenvalue weighted by molar-refractivity contribution is 6.27. The standard InChI is InChI=1S/C7H17O3Si/c1-4-5-11-10-7(9-3)6-8-2/h7,11H,4-6H2,1-3H3. The second kappa shape index (κ2) is 8.20. The van der Waals surface area contributed by atoms with Crippen LogP contribution in [0.4, 0.5) is 0 Å². The van der Waals surface area contributed by atoms with E-state index in [0.717, 1.165) is 6.04 Å². The fourth-order valence-corrected chi connectivity index (χ4v) is 1.37. The Bertz CT molecular complexity index is 80.1. The maximum absolute atomic E-state index is 5.41. The molecular formula is C7H17O3Si. The van der Waals surface area contributed by atoms with Gasteiger partial charge in [-0.2, -0.15) is 0 Å². The first kappa shape index (κ1) is 11.1. The quantitative estimate of drug-likeness (QED) is 0.327. The number of hydrogen-bond donors (Lipinski definition) is 0. The van der Waals surface area contributed by atoms with Crippen molar-refractivity contribution in [2.45, 2.75) is 25.7 Å². The van der Waals surface area contributed by atoms with Crippen molar-refractivity contribution in [3.05, 3.63) is 0 Å². The highest BCUT2D eigenvalue weighted by atomic mass is 28.2. The molecule has 0 N–H and O–H groups in total. The Morgan fingerprint density at radius 1 is 1.36 bits per heavy atom. The summed E-state index contributed by atoms with van der Waals surface area (Å²) in [4.78, 5) is 0. The zero-order valence-corrected chi connectivity index (χ0v) is 8.66. The van der Waals surface area contributed by atoms with E-state index in [1.165, 1.54) is 6.42 Å². The minimum atomic E-state index is -0.165. The smallest absolute Gasteiger partial charge is 0.196 e. The van der Waals surface area contributed by atoms with Crippen LogP contribution >= 0.6 is 0 Å². The molecule has 0 amide bonds. The number of methoxy groups -OCH3 is 2. The predicted molar refractivity (Wildman–Crippen MR) is 46.0 cm³/mol. The normalized spacial score (nSPS) is 13.4. The number of hydrogen-bond acceptors (Lipinski definition) is 3. The fourth-order valence-electron chi connectivity index (χ4n) is 0.592. The van der Waals surface area contributed by atoms with Crippen LogP contribution in [0.3, 0.4) is 0 Å². The number of rotatable bonds is 7. The molecule has 0 bridgehead atoms. The first-order chi connectivity index (χ1) is 5.35. The Morgan fingerprint density at radius 2 is 2.09 bits per heavy atom. The molecule has 3 nitrogen and oxygen atoms in total. The van der Waals surface area contributed by atoms with Crippen LogP contribution in [0.15, 0.2) is 0 Å². The molecule has 0 heterocycles. The lowest BCUT2D eigenvalue weighted by molar-refractivity contribution is -0.0928. The van der Waals surface area contributed by atoms with Gasteiger partial charge in [-0.1, -0.05) is 13.3 Å². The molecule has 0 aromatic heterocycles. The molecule has 1 radical (unpaired) electrons. The van der Waals surface area contributed by atoms with Crippen molar-refractivity contribution in [2.24, 2.45) is 0 Å². The Kier molecular flexibility index (Phi) is 8.27. The van der Waals surface area contributed by atoms with Gasteiger partial charge in [0.25, 0.3) is 0 Å². The molecule has 0 aliphatic carbocycles. The van der Waals surface area contributed by atoms with E-state index in [1.54, 1.807) is 14.2 Å². The zero-order valence-electron chi connectivity index (χ0n) is 7.50. The third-order valence-electron chi connectivity index (χ3n) is 1.22. The van der Waals surface area contributed by atoms with Crippen molar-refractivity contribution in [3.8, 4) is 0 Å². The molecule has 67 valence electrons. The van der Waals surface area contributed by atoms with Crippen LogP contribution in [0.5, 0.6) is 0 Å². The predicted octanol–water partition coefficient (Wildman–Crippen LogP) is 0.802. The molecule has 0 aliphatic heterocycles. The van der Waals surface area contributed by atoms with Gasteiger partial charge in [0, 0.05) is 14.2 Å². The van der Waals surface area contributed by atoms with E-state index >= 15 is 0 Å². The molecule has 0 aliphatic rings. The average Bonchev–Trinajstić information content (AvgIpc) is 2.03. The summed E-state index contributed by atoms with van der Waals surface area (Å²) in [6, 6.07) is 1.16. The average molecular weight is 177 g/mol. The fraction of sp³-hybridized carbons (Fsp3) is 1.00. The Labute approximate surface area is 71.0 Å². The Balaban J connectivity index is 3.20. The summed E-state index contributed by atoms with van der Waals surface area (Å²) in [5, 5.41) is 0. The van der Waals surface area contributed by atoms with Crippen molar-refractivity contribution in [2.75, 3.05) is 20.8 Å². The second-order valence-corrected chi connectivity index (χ2v) is 3.39. The van der Waals surface area contributed by atoms with E-state index in [1.807, 2.05) is 0 Å². The maximum atomic E-state index is 5.41. The van der Waals surface area contributed by atoms with E-state index < -0.39 is 0 Å². The van der Waals surface area contributed by atoms with Crippen LogP contribution in [0.2, 0.25) is 6.04 Å². The van der Waals surface area contributed by atoms with Crippen LogP contribution in [0, 0.1) is 0 Å². The van der Waals surface area contributed by atoms with Crippen molar-refractivity contribution < 1.29 is 13.9 Å². The van der Waals surface area contributed by atoms with Crippen LogP contribution in [0.1, 0.15) is 13.3 Å². The third kappa shape index (κ3) is 6.49. The van der Waals surface area contributed by atoms with E-state index in [9.17, 15) is 0 Å². The molecule has 0 saturated heterocycles. The first-order valence-electron chi connectivity index (χ1n) is 3.84. The Hall–Kier alpha value is 0.0969. The molecule has 0 aromatic carbocycles. The molecule has 0 fully saturated rings. The number of ether oxygens (including phenoxy) is 2. The summed E-state index contributed by atoms with van der Waals surface area (Å²) in [6.45, 7) is 2.67. The van der Waals surface area contributed by atoms with E-state index in [4.69, 9.17) is 13.9 Å². The van der Waals surface area contributed by atoms with E-state index in [-0.39, 0.29) is 16.1 Å². The van der Waals surface area contributed by atoms with Gasteiger partial charge in [0.2, 0.25) is 0 Å². The molecule has 0 aromatic rings. The van der Waals surface area contributed by atoms with Gasteiger partial charge in [-0.15, -0.1) is 0 Å². The van der Waals surface area contributed by atoms with Crippen molar-refractivity contribution in [1.82, 2.24) is 0 Å². The van der Waals surface area contributed by atoms with Gasteiger partial charge in [-0.25, -0.2) is 0 Å². The highest BCUT2D eigenvalue weighted by Gasteiger charge is 2.04. The van der Waals surface area contributed by atoms with Gasteiger partial charge in [0.1, 0.15) is 0 Å². The minimum Gasteiger partial charge on any atom is -0.395 e. The summed E-state index contributed by atoms with van der Waals surface area (Å²) in [5.41, 5.74) is 0. The Morgan fingerprint density at radius 3 is 2.55 bits per heavy atom. The lowest BCUT2D eigenvalue weighted by Crippen LogP contribution is -2.22. The maximum Gasteiger partial charge on any atom is 0.196 e. The lowest BCUT2D eigenvalue weighted by Gasteiger charge is -2.14. The van der Waals surface area contributed by atoms with Gasteiger partial charge in [0.15, 0.2) is 16.1 Å². The van der Waals surface area contributed by atoms with Crippen molar-refractivity contribution in [3.63, 3.8) is 0 Å². The van der Waals surface area contributed by atoms with Crippen molar-refractivity contribution in [1.29, 1.82) is 0 Å². The topological polar surface area (TPSA) is 27.7 Å². The minimum absolute atomic E-state index is 0.0759.